The van der Waals surface area contributed by atoms with Gasteiger partial charge in [0.2, 0.25) is 0 Å². The van der Waals surface area contributed by atoms with Crippen LogP contribution in [0.1, 0.15) is 16.7 Å². The molecule has 0 spiro atoms. The van der Waals surface area contributed by atoms with Crippen molar-refractivity contribution < 1.29 is 0 Å². The Hall–Kier alpha value is -7.14. The minimum atomic E-state index is 0.640. The SMILES string of the molecule is N/C(=C\Cc1cc(-n2c3ccccc3c3ccccc32)cc(-n2c3ccccc3c3ccccc32)c1)c1cccc(-c2ccccc2)c1.NCc1ccccc1. The summed E-state index contributed by atoms with van der Waals surface area (Å²) in [4.78, 5) is 0. The van der Waals surface area contributed by atoms with Gasteiger partial charge < -0.3 is 20.6 Å². The molecule has 4 N–H and O–H groups in total. The molecule has 0 aliphatic carbocycles. The Labute approximate surface area is 327 Å². The Morgan fingerprint density at radius 2 is 0.839 bits per heavy atom. The van der Waals surface area contributed by atoms with Crippen molar-refractivity contribution in [2.24, 2.45) is 11.5 Å². The van der Waals surface area contributed by atoms with E-state index in [0.29, 0.717) is 13.0 Å². The summed E-state index contributed by atoms with van der Waals surface area (Å²) in [5, 5.41) is 5.00. The van der Waals surface area contributed by atoms with Gasteiger partial charge in [-0.1, -0.05) is 158 Å². The Morgan fingerprint density at radius 3 is 1.30 bits per heavy atom. The number of nitrogens with zero attached hydrogens (tertiary/aromatic N) is 2. The van der Waals surface area contributed by atoms with Crippen LogP contribution in [0, 0.1) is 0 Å². The van der Waals surface area contributed by atoms with Gasteiger partial charge in [0, 0.05) is 45.2 Å². The van der Waals surface area contributed by atoms with Crippen molar-refractivity contribution in [3.63, 3.8) is 0 Å². The second-order valence-electron chi connectivity index (χ2n) is 14.1. The first kappa shape index (κ1) is 34.6. The molecule has 0 radical (unpaired) electrons. The molecule has 0 unspecified atom stereocenters. The minimum absolute atomic E-state index is 0.640. The van der Waals surface area contributed by atoms with Crippen molar-refractivity contribution in [3.8, 4) is 22.5 Å². The molecule has 0 amide bonds. The zero-order valence-corrected chi connectivity index (χ0v) is 31.1. The van der Waals surface area contributed by atoms with Gasteiger partial charge in [-0.25, -0.2) is 0 Å². The smallest absolute Gasteiger partial charge is 0.0541 e. The average Bonchev–Trinajstić information content (AvgIpc) is 3.79. The van der Waals surface area contributed by atoms with Crippen LogP contribution in [0.2, 0.25) is 0 Å². The molecule has 0 aliphatic heterocycles. The van der Waals surface area contributed by atoms with Gasteiger partial charge in [0.1, 0.15) is 0 Å². The van der Waals surface area contributed by atoms with E-state index >= 15 is 0 Å². The molecule has 2 aromatic heterocycles. The fraction of sp³-hybridized carbons (Fsp3) is 0.0385. The molecule has 270 valence electrons. The van der Waals surface area contributed by atoms with E-state index in [-0.39, 0.29) is 0 Å². The third kappa shape index (κ3) is 6.64. The lowest BCUT2D eigenvalue weighted by atomic mass is 10.0. The first-order valence-corrected chi connectivity index (χ1v) is 19.1. The van der Waals surface area contributed by atoms with Crippen molar-refractivity contribution in [2.45, 2.75) is 13.0 Å². The van der Waals surface area contributed by atoms with Crippen LogP contribution in [-0.2, 0) is 13.0 Å². The zero-order chi connectivity index (χ0) is 37.8. The van der Waals surface area contributed by atoms with Crippen LogP contribution in [0.25, 0.3) is 71.8 Å². The van der Waals surface area contributed by atoms with Gasteiger partial charge in [-0.05, 0) is 82.8 Å². The van der Waals surface area contributed by atoms with Crippen LogP contribution in [0.15, 0.2) is 206 Å². The van der Waals surface area contributed by atoms with Crippen LogP contribution in [0.4, 0.5) is 0 Å². The predicted octanol–water partition coefficient (Wildman–Crippen LogP) is 12.2. The molecule has 2 heterocycles. The molecule has 56 heavy (non-hydrogen) atoms. The molecule has 0 atom stereocenters. The van der Waals surface area contributed by atoms with Gasteiger partial charge in [-0.3, -0.25) is 0 Å². The van der Waals surface area contributed by atoms with Gasteiger partial charge in [0.25, 0.3) is 0 Å². The highest BCUT2D eigenvalue weighted by atomic mass is 15.0. The number of nitrogens with two attached hydrogens (primary N) is 2. The van der Waals surface area contributed by atoms with E-state index in [1.165, 1.54) is 60.3 Å². The van der Waals surface area contributed by atoms with E-state index in [2.05, 4.69) is 179 Å². The third-order valence-corrected chi connectivity index (χ3v) is 10.6. The van der Waals surface area contributed by atoms with E-state index in [9.17, 15) is 0 Å². The standard InChI is InChI=1S/C45H33N3.C7H9N/c46-41(34-16-12-15-33(29-34)32-13-2-1-3-14-32)26-25-31-27-35(47-42-21-8-4-17-37(42)38-18-5-9-22-43(38)47)30-36(28-31)48-44-23-10-6-19-39(44)40-20-7-11-24-45(40)48;8-6-7-4-2-1-3-5-7/h1-24,26-30H,25,46H2;1-5H,6,8H2/b41-26-;. The van der Waals surface area contributed by atoms with E-state index in [1.807, 2.05) is 36.4 Å². The highest BCUT2D eigenvalue weighted by Crippen LogP contribution is 2.36. The summed E-state index contributed by atoms with van der Waals surface area (Å²) in [5.74, 6) is 0. The van der Waals surface area contributed by atoms with Crippen molar-refractivity contribution in [2.75, 3.05) is 0 Å². The molecular weight excluding hydrogens is 681 g/mol. The fourth-order valence-corrected chi connectivity index (χ4v) is 7.90. The van der Waals surface area contributed by atoms with E-state index in [4.69, 9.17) is 11.5 Å². The molecule has 10 rings (SSSR count). The number of hydrogen-bond donors (Lipinski definition) is 2. The van der Waals surface area contributed by atoms with Crippen LogP contribution in [0.5, 0.6) is 0 Å². The lowest BCUT2D eigenvalue weighted by Gasteiger charge is -2.15. The summed E-state index contributed by atoms with van der Waals surface area (Å²) in [5.41, 5.74) is 25.7. The Kier molecular flexibility index (Phi) is 9.46. The highest BCUT2D eigenvalue weighted by molar-refractivity contribution is 6.10. The molecule has 0 bridgehead atoms. The molecule has 0 saturated heterocycles. The molecule has 4 heteroatoms. The largest absolute Gasteiger partial charge is 0.398 e. The normalized spacial score (nSPS) is 11.6. The van der Waals surface area contributed by atoms with Crippen molar-refractivity contribution in [3.05, 3.63) is 223 Å². The van der Waals surface area contributed by atoms with Crippen molar-refractivity contribution >= 4 is 49.3 Å². The maximum Gasteiger partial charge on any atom is 0.0541 e. The van der Waals surface area contributed by atoms with Gasteiger partial charge >= 0.3 is 0 Å². The van der Waals surface area contributed by atoms with Gasteiger partial charge in [0.15, 0.2) is 0 Å². The van der Waals surface area contributed by atoms with Crippen LogP contribution in [0.3, 0.4) is 0 Å². The summed E-state index contributed by atoms with van der Waals surface area (Å²) < 4.78 is 4.81. The maximum atomic E-state index is 6.80. The predicted molar refractivity (Wildman–Crippen MR) is 237 cm³/mol. The lowest BCUT2D eigenvalue weighted by molar-refractivity contribution is 1.07. The summed E-state index contributed by atoms with van der Waals surface area (Å²) in [6, 6.07) is 70.7. The Bertz CT molecular complexity index is 2750. The van der Waals surface area contributed by atoms with Crippen molar-refractivity contribution in [1.29, 1.82) is 0 Å². The number of para-hydroxylation sites is 4. The molecular formula is C52H42N4. The molecule has 8 aromatic carbocycles. The van der Waals surface area contributed by atoms with Crippen LogP contribution in [-0.4, -0.2) is 9.13 Å². The van der Waals surface area contributed by atoms with Crippen molar-refractivity contribution in [1.82, 2.24) is 9.13 Å². The monoisotopic (exact) mass is 722 g/mol. The van der Waals surface area contributed by atoms with Crippen LogP contribution < -0.4 is 11.5 Å². The number of rotatable bonds is 7. The second kappa shape index (κ2) is 15.3. The average molecular weight is 723 g/mol. The maximum absolute atomic E-state index is 6.80. The van der Waals surface area contributed by atoms with Crippen LogP contribution >= 0.6 is 0 Å². The second-order valence-corrected chi connectivity index (χ2v) is 14.1. The molecule has 4 nitrogen and oxygen atoms in total. The fourth-order valence-electron chi connectivity index (χ4n) is 7.90. The number of benzene rings is 8. The number of hydrogen-bond acceptors (Lipinski definition) is 2. The molecule has 0 fully saturated rings. The first-order valence-electron chi connectivity index (χ1n) is 19.1. The number of aromatic nitrogens is 2. The Balaban J connectivity index is 0.000000459. The molecule has 0 saturated carbocycles. The topological polar surface area (TPSA) is 61.9 Å². The van der Waals surface area contributed by atoms with Gasteiger partial charge in [-0.15, -0.1) is 0 Å². The van der Waals surface area contributed by atoms with E-state index in [1.54, 1.807) is 0 Å². The Morgan fingerprint density at radius 1 is 0.411 bits per heavy atom. The zero-order valence-electron chi connectivity index (χ0n) is 31.1. The third-order valence-electron chi connectivity index (χ3n) is 10.6. The number of fused-ring (bicyclic) bond motifs is 6. The van der Waals surface area contributed by atoms with Gasteiger partial charge in [0.05, 0.1) is 22.1 Å². The molecule has 0 aliphatic rings. The summed E-state index contributed by atoms with van der Waals surface area (Å²) >= 11 is 0. The minimum Gasteiger partial charge on any atom is -0.398 e. The van der Waals surface area contributed by atoms with E-state index < -0.39 is 0 Å². The first-order chi connectivity index (χ1) is 27.7. The summed E-state index contributed by atoms with van der Waals surface area (Å²) in [6.07, 6.45) is 2.85. The summed E-state index contributed by atoms with van der Waals surface area (Å²) in [6.45, 7) is 0.640. The molecule has 10 aromatic rings. The van der Waals surface area contributed by atoms with Gasteiger partial charge in [-0.2, -0.15) is 0 Å². The summed E-state index contributed by atoms with van der Waals surface area (Å²) in [7, 11) is 0. The number of allylic oxidation sites excluding steroid dienone is 1. The van der Waals surface area contributed by atoms with E-state index in [0.717, 1.165) is 28.2 Å². The lowest BCUT2D eigenvalue weighted by Crippen LogP contribution is -2.02. The highest BCUT2D eigenvalue weighted by Gasteiger charge is 2.16. The quantitative estimate of drug-likeness (QED) is 0.172.